The van der Waals surface area contributed by atoms with Crippen molar-refractivity contribution < 1.29 is 14.3 Å². The van der Waals surface area contributed by atoms with Crippen molar-refractivity contribution in [2.45, 2.75) is 39.0 Å². The molecule has 0 saturated heterocycles. The molecule has 0 aliphatic carbocycles. The fourth-order valence-electron chi connectivity index (χ4n) is 2.47. The third-order valence-electron chi connectivity index (χ3n) is 3.85. The summed E-state index contributed by atoms with van der Waals surface area (Å²) in [6.45, 7) is 2.24. The Hall–Kier alpha value is -1.42. The largest absolute Gasteiger partial charge is 0.481 e. The van der Waals surface area contributed by atoms with E-state index >= 15 is 0 Å². The summed E-state index contributed by atoms with van der Waals surface area (Å²) < 4.78 is 13.5. The van der Waals surface area contributed by atoms with Crippen LogP contribution in [0.4, 0.5) is 4.39 Å². The maximum Gasteiger partial charge on any atom is 0.307 e. The van der Waals surface area contributed by atoms with Crippen LogP contribution < -0.4 is 5.73 Å². The number of halogens is 1. The van der Waals surface area contributed by atoms with Gasteiger partial charge in [-0.15, -0.1) is 0 Å². The van der Waals surface area contributed by atoms with Crippen molar-refractivity contribution >= 4 is 5.97 Å². The highest BCUT2D eigenvalue weighted by Gasteiger charge is 2.20. The molecule has 1 rings (SSSR count). The molecular weight excluding hydrogens is 257 g/mol. The first-order valence-electron chi connectivity index (χ1n) is 7.24. The van der Waals surface area contributed by atoms with Gasteiger partial charge < -0.3 is 10.8 Å². The number of benzene rings is 1. The fourth-order valence-corrected chi connectivity index (χ4v) is 2.47. The van der Waals surface area contributed by atoms with Gasteiger partial charge in [0.05, 0.1) is 5.92 Å². The van der Waals surface area contributed by atoms with Gasteiger partial charge in [-0.25, -0.2) is 4.39 Å². The summed E-state index contributed by atoms with van der Waals surface area (Å²) in [7, 11) is 0. The highest BCUT2D eigenvalue weighted by Crippen LogP contribution is 2.22. The zero-order chi connectivity index (χ0) is 15.0. The molecule has 1 aromatic rings. The van der Waals surface area contributed by atoms with Crippen LogP contribution in [0.2, 0.25) is 0 Å². The van der Waals surface area contributed by atoms with Gasteiger partial charge in [0.1, 0.15) is 5.82 Å². The SMILES string of the molecule is CCC(CCCc1ccccc1F)CC(CN)C(=O)O. The number of hydrogen-bond donors (Lipinski definition) is 2. The Morgan fingerprint density at radius 1 is 1.40 bits per heavy atom. The van der Waals surface area contributed by atoms with Crippen LogP contribution >= 0.6 is 0 Å². The van der Waals surface area contributed by atoms with Gasteiger partial charge in [0.25, 0.3) is 0 Å². The van der Waals surface area contributed by atoms with Crippen LogP contribution in [0.5, 0.6) is 0 Å². The number of hydrogen-bond acceptors (Lipinski definition) is 2. The molecule has 0 aromatic heterocycles. The van der Waals surface area contributed by atoms with Crippen molar-refractivity contribution in [1.29, 1.82) is 0 Å². The van der Waals surface area contributed by atoms with Crippen LogP contribution in [-0.2, 0) is 11.2 Å². The predicted octanol–water partition coefficient (Wildman–Crippen LogP) is 3.22. The second-order valence-corrected chi connectivity index (χ2v) is 5.26. The molecule has 20 heavy (non-hydrogen) atoms. The molecule has 0 heterocycles. The van der Waals surface area contributed by atoms with Crippen LogP contribution in [0, 0.1) is 17.7 Å². The van der Waals surface area contributed by atoms with Crippen LogP contribution in [0.25, 0.3) is 0 Å². The molecule has 2 unspecified atom stereocenters. The number of aryl methyl sites for hydroxylation is 1. The number of carboxylic acids is 1. The van der Waals surface area contributed by atoms with Crippen molar-refractivity contribution in [2.75, 3.05) is 6.54 Å². The van der Waals surface area contributed by atoms with Gasteiger partial charge >= 0.3 is 5.97 Å². The standard InChI is InChI=1S/C16H24FNO2/c1-2-12(10-14(11-18)16(19)20)6-5-8-13-7-3-4-9-15(13)17/h3-4,7,9,12,14H,2,5-6,8,10-11,18H2,1H3,(H,19,20). The van der Waals surface area contributed by atoms with E-state index in [-0.39, 0.29) is 12.4 Å². The molecular formula is C16H24FNO2. The molecule has 0 saturated carbocycles. The van der Waals surface area contributed by atoms with Gasteiger partial charge in [-0.2, -0.15) is 0 Å². The topological polar surface area (TPSA) is 63.3 Å². The summed E-state index contributed by atoms with van der Waals surface area (Å²) in [6.07, 6.45) is 4.02. The average Bonchev–Trinajstić information content (AvgIpc) is 2.44. The van der Waals surface area contributed by atoms with Crippen molar-refractivity contribution in [2.24, 2.45) is 17.6 Å². The van der Waals surface area contributed by atoms with Crippen LogP contribution in [0.3, 0.4) is 0 Å². The Kier molecular flexibility index (Phi) is 7.23. The van der Waals surface area contributed by atoms with Gasteiger partial charge in [0.2, 0.25) is 0 Å². The summed E-state index contributed by atoms with van der Waals surface area (Å²) in [5.41, 5.74) is 6.22. The van der Waals surface area contributed by atoms with Crippen LogP contribution in [-0.4, -0.2) is 17.6 Å². The highest BCUT2D eigenvalue weighted by atomic mass is 19.1. The third-order valence-corrected chi connectivity index (χ3v) is 3.85. The minimum Gasteiger partial charge on any atom is -0.481 e. The normalized spacial score (nSPS) is 13.9. The Morgan fingerprint density at radius 2 is 2.10 bits per heavy atom. The predicted molar refractivity (Wildman–Crippen MR) is 77.9 cm³/mol. The summed E-state index contributed by atoms with van der Waals surface area (Å²) in [5, 5.41) is 9.03. The first-order chi connectivity index (χ1) is 9.58. The zero-order valence-electron chi connectivity index (χ0n) is 12.0. The van der Waals surface area contributed by atoms with E-state index in [1.165, 1.54) is 6.07 Å². The van der Waals surface area contributed by atoms with E-state index in [0.29, 0.717) is 18.8 Å². The van der Waals surface area contributed by atoms with E-state index in [1.807, 2.05) is 6.07 Å². The zero-order valence-corrected chi connectivity index (χ0v) is 12.0. The number of nitrogens with two attached hydrogens (primary N) is 1. The number of carbonyl (C=O) groups is 1. The lowest BCUT2D eigenvalue weighted by atomic mass is 9.88. The molecule has 0 fully saturated rings. The van der Waals surface area contributed by atoms with Crippen molar-refractivity contribution in [3.63, 3.8) is 0 Å². The fraction of sp³-hybridized carbons (Fsp3) is 0.562. The average molecular weight is 281 g/mol. The lowest BCUT2D eigenvalue weighted by Crippen LogP contribution is -2.25. The Morgan fingerprint density at radius 3 is 2.65 bits per heavy atom. The van der Waals surface area contributed by atoms with Gasteiger partial charge in [-0.1, -0.05) is 38.0 Å². The van der Waals surface area contributed by atoms with E-state index in [1.54, 1.807) is 12.1 Å². The van der Waals surface area contributed by atoms with Gasteiger partial charge in [0.15, 0.2) is 0 Å². The second-order valence-electron chi connectivity index (χ2n) is 5.26. The smallest absolute Gasteiger partial charge is 0.307 e. The summed E-state index contributed by atoms with van der Waals surface area (Å²) >= 11 is 0. The van der Waals surface area contributed by atoms with Crippen molar-refractivity contribution in [3.05, 3.63) is 35.6 Å². The van der Waals surface area contributed by atoms with Gasteiger partial charge in [-0.3, -0.25) is 4.79 Å². The van der Waals surface area contributed by atoms with E-state index in [2.05, 4.69) is 6.92 Å². The lowest BCUT2D eigenvalue weighted by Gasteiger charge is -2.18. The molecule has 1 aromatic carbocycles. The molecule has 0 aliphatic rings. The molecule has 0 amide bonds. The maximum absolute atomic E-state index is 13.5. The molecule has 0 spiro atoms. The Balaban J connectivity index is 2.42. The molecule has 3 N–H and O–H groups in total. The van der Waals surface area contributed by atoms with Crippen LogP contribution in [0.15, 0.2) is 24.3 Å². The third kappa shape index (κ3) is 5.29. The van der Waals surface area contributed by atoms with E-state index in [9.17, 15) is 9.18 Å². The second kappa shape index (κ2) is 8.69. The minimum atomic E-state index is -0.819. The molecule has 3 nitrogen and oxygen atoms in total. The van der Waals surface area contributed by atoms with Crippen molar-refractivity contribution in [1.82, 2.24) is 0 Å². The lowest BCUT2D eigenvalue weighted by molar-refractivity contribution is -0.142. The number of aliphatic carboxylic acids is 1. The first-order valence-corrected chi connectivity index (χ1v) is 7.24. The quantitative estimate of drug-likeness (QED) is 0.730. The number of rotatable bonds is 9. The molecule has 0 bridgehead atoms. The molecule has 0 radical (unpaired) electrons. The van der Waals surface area contributed by atoms with Crippen LogP contribution in [0.1, 0.15) is 38.2 Å². The van der Waals surface area contributed by atoms with E-state index < -0.39 is 11.9 Å². The summed E-state index contributed by atoms with van der Waals surface area (Å²) in [6, 6.07) is 6.80. The number of carboxylic acid groups (broad SMARTS) is 1. The maximum atomic E-state index is 13.5. The summed E-state index contributed by atoms with van der Waals surface area (Å²) in [4.78, 5) is 11.0. The Labute approximate surface area is 120 Å². The monoisotopic (exact) mass is 281 g/mol. The molecule has 2 atom stereocenters. The van der Waals surface area contributed by atoms with Crippen molar-refractivity contribution in [3.8, 4) is 0 Å². The highest BCUT2D eigenvalue weighted by molar-refractivity contribution is 5.70. The summed E-state index contributed by atoms with van der Waals surface area (Å²) in [5.74, 6) is -1.11. The molecule has 4 heteroatoms. The van der Waals surface area contributed by atoms with Gasteiger partial charge in [-0.05, 0) is 36.8 Å². The first kappa shape index (κ1) is 16.6. The minimum absolute atomic E-state index is 0.161. The molecule has 112 valence electrons. The van der Waals surface area contributed by atoms with E-state index in [0.717, 1.165) is 24.8 Å². The molecule has 0 aliphatic heterocycles. The van der Waals surface area contributed by atoms with E-state index in [4.69, 9.17) is 10.8 Å². The Bertz CT molecular complexity index is 423. The van der Waals surface area contributed by atoms with Gasteiger partial charge in [0, 0.05) is 6.54 Å².